The summed E-state index contributed by atoms with van der Waals surface area (Å²) in [6.07, 6.45) is 1.72. The average Bonchev–Trinajstić information content (AvgIpc) is 2.14. The molecular weight excluding hydrogens is 220 g/mol. The molecule has 0 fully saturated rings. The number of rotatable bonds is 4. The molecular formula is C9H10O3S2. The van der Waals surface area contributed by atoms with Gasteiger partial charge in [0, 0.05) is 11.2 Å². The Morgan fingerprint density at radius 2 is 2.07 bits per heavy atom. The standard InChI is InChI=1S/C9H10O3S2/c1-2-8-3-5-9(6-4-8)7-12-14(10,11)13/h2-6H,1,7H2,(H,10,11,13). The molecule has 0 aliphatic carbocycles. The Labute approximate surface area is 88.1 Å². The van der Waals surface area contributed by atoms with Crippen LogP contribution in [-0.2, 0) is 31.0 Å². The van der Waals surface area contributed by atoms with Crippen molar-refractivity contribution >= 4 is 26.3 Å². The van der Waals surface area contributed by atoms with Crippen molar-refractivity contribution in [2.45, 2.75) is 6.61 Å². The summed E-state index contributed by atoms with van der Waals surface area (Å²) in [5.41, 5.74) is 1.78. The van der Waals surface area contributed by atoms with Crippen molar-refractivity contribution in [3.8, 4) is 0 Å². The van der Waals surface area contributed by atoms with E-state index in [1.807, 2.05) is 12.1 Å². The van der Waals surface area contributed by atoms with Crippen LogP contribution in [0.3, 0.4) is 0 Å². The molecule has 76 valence electrons. The van der Waals surface area contributed by atoms with Crippen LogP contribution in [0.15, 0.2) is 30.8 Å². The molecule has 0 saturated heterocycles. The minimum Gasteiger partial charge on any atom is -0.285 e. The Bertz CT molecular complexity index is 406. The number of benzene rings is 1. The van der Waals surface area contributed by atoms with E-state index in [0.29, 0.717) is 0 Å². The van der Waals surface area contributed by atoms with Crippen LogP contribution in [0.5, 0.6) is 0 Å². The maximum absolute atomic E-state index is 10.6. The molecule has 1 rings (SSSR count). The number of hydrogen-bond donors (Lipinski definition) is 1. The maximum Gasteiger partial charge on any atom is 0.266 e. The summed E-state index contributed by atoms with van der Waals surface area (Å²) in [6.45, 7) is 3.65. The van der Waals surface area contributed by atoms with Gasteiger partial charge in [-0.05, 0) is 11.1 Å². The van der Waals surface area contributed by atoms with E-state index in [9.17, 15) is 4.21 Å². The Balaban J connectivity index is 2.65. The second-order valence-electron chi connectivity index (χ2n) is 2.64. The zero-order valence-electron chi connectivity index (χ0n) is 7.38. The highest BCUT2D eigenvalue weighted by Crippen LogP contribution is 2.07. The molecule has 0 spiro atoms. The summed E-state index contributed by atoms with van der Waals surface area (Å²) in [6, 6.07) is 7.26. The first-order valence-electron chi connectivity index (χ1n) is 3.84. The van der Waals surface area contributed by atoms with Gasteiger partial charge in [-0.1, -0.05) is 36.9 Å². The van der Waals surface area contributed by atoms with E-state index in [2.05, 4.69) is 22.0 Å². The lowest BCUT2D eigenvalue weighted by molar-refractivity contribution is 0.295. The van der Waals surface area contributed by atoms with Crippen LogP contribution in [0, 0.1) is 0 Å². The molecule has 5 heteroatoms. The smallest absolute Gasteiger partial charge is 0.266 e. The lowest BCUT2D eigenvalue weighted by Crippen LogP contribution is -2.01. The van der Waals surface area contributed by atoms with Crippen molar-refractivity contribution in [2.24, 2.45) is 0 Å². The molecule has 0 saturated carbocycles. The Kier molecular flexibility index (Phi) is 3.77. The quantitative estimate of drug-likeness (QED) is 0.859. The van der Waals surface area contributed by atoms with Gasteiger partial charge in [0.1, 0.15) is 0 Å². The monoisotopic (exact) mass is 230 g/mol. The zero-order valence-corrected chi connectivity index (χ0v) is 9.01. The SMILES string of the molecule is C=Cc1ccc(COS(=O)(O)=S)cc1. The third kappa shape index (κ3) is 3.97. The molecule has 1 aromatic rings. The first kappa shape index (κ1) is 11.3. The van der Waals surface area contributed by atoms with Crippen LogP contribution in [0.1, 0.15) is 11.1 Å². The lowest BCUT2D eigenvalue weighted by atomic mass is 10.1. The molecule has 0 bridgehead atoms. The fourth-order valence-electron chi connectivity index (χ4n) is 0.892. The van der Waals surface area contributed by atoms with Gasteiger partial charge in [0.25, 0.3) is 9.05 Å². The van der Waals surface area contributed by atoms with E-state index in [-0.39, 0.29) is 6.61 Å². The normalized spacial score (nSPS) is 14.6. The fourth-order valence-corrected chi connectivity index (χ4v) is 1.32. The van der Waals surface area contributed by atoms with E-state index in [1.54, 1.807) is 18.2 Å². The summed E-state index contributed by atoms with van der Waals surface area (Å²) < 4.78 is 23.9. The molecule has 0 radical (unpaired) electrons. The molecule has 1 atom stereocenters. The van der Waals surface area contributed by atoms with Gasteiger partial charge in [-0.15, -0.1) is 0 Å². The molecule has 1 unspecified atom stereocenters. The van der Waals surface area contributed by atoms with Crippen LogP contribution in [0.25, 0.3) is 6.08 Å². The second-order valence-corrected chi connectivity index (χ2v) is 4.99. The topological polar surface area (TPSA) is 46.5 Å². The van der Waals surface area contributed by atoms with Crippen molar-refractivity contribution in [2.75, 3.05) is 0 Å². The maximum atomic E-state index is 10.6. The van der Waals surface area contributed by atoms with Gasteiger partial charge < -0.3 is 0 Å². The van der Waals surface area contributed by atoms with Gasteiger partial charge >= 0.3 is 0 Å². The molecule has 3 nitrogen and oxygen atoms in total. The molecule has 0 amide bonds. The molecule has 0 heterocycles. The van der Waals surface area contributed by atoms with Crippen molar-refractivity contribution in [1.29, 1.82) is 0 Å². The summed E-state index contributed by atoms with van der Waals surface area (Å²) in [7, 11) is -3.52. The van der Waals surface area contributed by atoms with Crippen LogP contribution in [0.2, 0.25) is 0 Å². The van der Waals surface area contributed by atoms with Gasteiger partial charge in [-0.25, -0.2) is 0 Å². The molecule has 1 N–H and O–H groups in total. The Morgan fingerprint density at radius 1 is 1.50 bits per heavy atom. The van der Waals surface area contributed by atoms with Crippen LogP contribution in [-0.4, -0.2) is 8.76 Å². The van der Waals surface area contributed by atoms with Crippen molar-refractivity contribution in [1.82, 2.24) is 0 Å². The Morgan fingerprint density at radius 3 is 2.50 bits per heavy atom. The molecule has 1 aromatic carbocycles. The molecule has 0 aliphatic heterocycles. The third-order valence-corrected chi connectivity index (χ3v) is 2.29. The molecule has 0 aliphatic rings. The van der Waals surface area contributed by atoms with E-state index >= 15 is 0 Å². The van der Waals surface area contributed by atoms with Crippen LogP contribution >= 0.6 is 0 Å². The summed E-state index contributed by atoms with van der Waals surface area (Å²) in [4.78, 5) is 0. The minimum absolute atomic E-state index is 0.0380. The van der Waals surface area contributed by atoms with Crippen molar-refractivity contribution in [3.63, 3.8) is 0 Å². The highest BCUT2D eigenvalue weighted by molar-refractivity contribution is 8.27. The van der Waals surface area contributed by atoms with Crippen LogP contribution < -0.4 is 0 Å². The van der Waals surface area contributed by atoms with Gasteiger partial charge in [0.2, 0.25) is 0 Å². The van der Waals surface area contributed by atoms with Gasteiger partial charge in [0.15, 0.2) is 0 Å². The summed E-state index contributed by atoms with van der Waals surface area (Å²) in [5, 5.41) is 0. The van der Waals surface area contributed by atoms with Gasteiger partial charge in [-0.3, -0.25) is 8.74 Å². The largest absolute Gasteiger partial charge is 0.285 e. The molecule has 14 heavy (non-hydrogen) atoms. The van der Waals surface area contributed by atoms with E-state index in [4.69, 9.17) is 4.55 Å². The highest BCUT2D eigenvalue weighted by Gasteiger charge is 2.00. The van der Waals surface area contributed by atoms with Gasteiger partial charge in [-0.2, -0.15) is 4.21 Å². The first-order valence-corrected chi connectivity index (χ1v) is 6.21. The third-order valence-electron chi connectivity index (χ3n) is 1.59. The first-order chi connectivity index (χ1) is 6.51. The van der Waals surface area contributed by atoms with E-state index < -0.39 is 9.05 Å². The van der Waals surface area contributed by atoms with E-state index in [0.717, 1.165) is 11.1 Å². The minimum atomic E-state index is -3.52. The van der Waals surface area contributed by atoms with Crippen molar-refractivity contribution in [3.05, 3.63) is 42.0 Å². The predicted molar refractivity (Wildman–Crippen MR) is 59.5 cm³/mol. The van der Waals surface area contributed by atoms with Gasteiger partial charge in [0.05, 0.1) is 6.61 Å². The summed E-state index contributed by atoms with van der Waals surface area (Å²) in [5.74, 6) is 0. The fraction of sp³-hybridized carbons (Fsp3) is 0.111. The number of hydrogen-bond acceptors (Lipinski definition) is 3. The zero-order chi connectivity index (χ0) is 10.6. The van der Waals surface area contributed by atoms with Crippen molar-refractivity contribution < 1.29 is 12.9 Å². The second kappa shape index (κ2) is 4.65. The Hall–Kier alpha value is -0.750. The molecule has 0 aromatic heterocycles. The predicted octanol–water partition coefficient (Wildman–Crippen LogP) is 1.98. The van der Waals surface area contributed by atoms with E-state index in [1.165, 1.54) is 0 Å². The lowest BCUT2D eigenvalue weighted by Gasteiger charge is -2.02. The highest BCUT2D eigenvalue weighted by atomic mass is 32.9. The average molecular weight is 230 g/mol. The van der Waals surface area contributed by atoms with Crippen LogP contribution in [0.4, 0.5) is 0 Å². The summed E-state index contributed by atoms with van der Waals surface area (Å²) >= 11 is 4.18.